The predicted octanol–water partition coefficient (Wildman–Crippen LogP) is 6.03. The van der Waals surface area contributed by atoms with Crippen LogP contribution in [0.3, 0.4) is 0 Å². The molecule has 1 saturated heterocycles. The first-order valence-corrected chi connectivity index (χ1v) is 22.3. The molecule has 1 aromatic carbocycles. The molecule has 0 unspecified atom stereocenters. The summed E-state index contributed by atoms with van der Waals surface area (Å²) in [4.78, 5) is 63.0. The first-order chi connectivity index (χ1) is 27.7. The van der Waals surface area contributed by atoms with E-state index in [1.54, 1.807) is 25.1 Å². The number of benzene rings is 1. The lowest BCUT2D eigenvalue weighted by Gasteiger charge is -2.39. The summed E-state index contributed by atoms with van der Waals surface area (Å²) in [6, 6.07) is 2.88. The van der Waals surface area contributed by atoms with Crippen LogP contribution < -0.4 is 24.8 Å². The summed E-state index contributed by atoms with van der Waals surface area (Å²) in [5, 5.41) is 6.17. The lowest BCUT2D eigenvalue weighted by Crippen LogP contribution is -2.58. The minimum Gasteiger partial charge on any atom is -0.497 e. The second-order valence-corrected chi connectivity index (χ2v) is 21.2. The summed E-state index contributed by atoms with van der Waals surface area (Å²) in [7, 11) is -2.52. The SMILES string of the molecule is COc1ccc2nc(C(C)C)c3c(c2c1)[C@H](F)C[C@]1(C[C@H]2C(=O)N[C@]4(C(=O)NS(=O)(=O)C5(C)CC5)C[C@H]4/C=C\CCCCC[C@H](NC(=O)OCC(C)(C)C)C(=O)N2C1)O3. The highest BCUT2D eigenvalue weighted by Crippen LogP contribution is 2.53. The summed E-state index contributed by atoms with van der Waals surface area (Å²) in [5.74, 6) is -2.05. The summed E-state index contributed by atoms with van der Waals surface area (Å²) in [6.07, 6.45) is 4.98. The Labute approximate surface area is 345 Å². The number of alkyl halides is 1. The van der Waals surface area contributed by atoms with Crippen LogP contribution in [0, 0.1) is 11.3 Å². The van der Waals surface area contributed by atoms with Crippen molar-refractivity contribution in [3.8, 4) is 11.5 Å². The number of pyridine rings is 1. The summed E-state index contributed by atoms with van der Waals surface area (Å²) < 4.78 is 62.6. The van der Waals surface area contributed by atoms with Crippen LogP contribution in [0.5, 0.6) is 11.5 Å². The molecule has 4 heterocycles. The van der Waals surface area contributed by atoms with Crippen LogP contribution in [0.25, 0.3) is 10.9 Å². The number of alkyl carbamates (subject to hydrolysis) is 1. The van der Waals surface area contributed by atoms with Crippen LogP contribution in [0.2, 0.25) is 0 Å². The van der Waals surface area contributed by atoms with Gasteiger partial charge in [-0.05, 0) is 75.0 Å². The number of halogens is 1. The number of aromatic nitrogens is 1. The molecule has 6 atom stereocenters. The van der Waals surface area contributed by atoms with Gasteiger partial charge in [0.1, 0.15) is 40.9 Å². The summed E-state index contributed by atoms with van der Waals surface area (Å²) in [6.45, 7) is 11.1. The van der Waals surface area contributed by atoms with Crippen LogP contribution >= 0.6 is 0 Å². The molecule has 3 fully saturated rings. The van der Waals surface area contributed by atoms with Crippen LogP contribution in [0.4, 0.5) is 9.18 Å². The average molecular weight is 840 g/mol. The lowest BCUT2D eigenvalue weighted by molar-refractivity contribution is -0.141. The van der Waals surface area contributed by atoms with Crippen molar-refractivity contribution < 1.29 is 46.2 Å². The van der Waals surface area contributed by atoms with E-state index in [0.717, 1.165) is 12.8 Å². The van der Waals surface area contributed by atoms with Crippen molar-refractivity contribution in [1.29, 1.82) is 0 Å². The second kappa shape index (κ2) is 15.5. The third-order valence-electron chi connectivity index (χ3n) is 12.5. The third kappa shape index (κ3) is 8.47. The molecule has 1 spiro atoms. The van der Waals surface area contributed by atoms with Crippen LogP contribution in [0.15, 0.2) is 30.4 Å². The molecule has 1 aromatic heterocycles. The molecular weight excluding hydrogens is 782 g/mol. The van der Waals surface area contributed by atoms with Crippen molar-refractivity contribution in [2.24, 2.45) is 11.3 Å². The number of hydrogen-bond acceptors (Lipinski definition) is 10. The molecule has 2 aliphatic carbocycles. The smallest absolute Gasteiger partial charge is 0.407 e. The minimum atomic E-state index is -4.04. The normalized spacial score (nSPS) is 29.8. The molecule has 59 heavy (non-hydrogen) atoms. The minimum absolute atomic E-state index is 0.0992. The van der Waals surface area contributed by atoms with Gasteiger partial charge in [0.05, 0.1) is 36.2 Å². The van der Waals surface area contributed by atoms with Gasteiger partial charge in [-0.3, -0.25) is 19.1 Å². The molecule has 0 bridgehead atoms. The number of hydrogen-bond donors (Lipinski definition) is 3. The number of methoxy groups -OCH3 is 1. The van der Waals surface area contributed by atoms with Gasteiger partial charge in [-0.1, -0.05) is 59.6 Å². The highest BCUT2D eigenvalue weighted by Gasteiger charge is 2.64. The zero-order valence-corrected chi connectivity index (χ0v) is 35.9. The summed E-state index contributed by atoms with van der Waals surface area (Å²) >= 11 is 0. The molecule has 16 heteroatoms. The van der Waals surface area contributed by atoms with Gasteiger partial charge in [0.25, 0.3) is 5.91 Å². The van der Waals surface area contributed by atoms with Gasteiger partial charge < -0.3 is 29.7 Å². The number of fused-ring (bicyclic) bond motifs is 5. The van der Waals surface area contributed by atoms with E-state index in [1.165, 1.54) is 12.0 Å². The van der Waals surface area contributed by atoms with Gasteiger partial charge in [-0.25, -0.2) is 22.6 Å². The zero-order valence-electron chi connectivity index (χ0n) is 35.1. The Hall–Kier alpha value is -4.47. The van der Waals surface area contributed by atoms with Gasteiger partial charge in [0.2, 0.25) is 21.8 Å². The molecule has 14 nitrogen and oxygen atoms in total. The van der Waals surface area contributed by atoms with Gasteiger partial charge in [0, 0.05) is 29.7 Å². The van der Waals surface area contributed by atoms with Gasteiger partial charge in [-0.15, -0.1) is 0 Å². The molecule has 2 aromatic rings. The quantitative estimate of drug-likeness (QED) is 0.279. The average Bonchev–Trinajstić information content (AvgIpc) is 4.06. The topological polar surface area (TPSA) is 182 Å². The fourth-order valence-corrected chi connectivity index (χ4v) is 9.88. The highest BCUT2D eigenvalue weighted by molar-refractivity contribution is 7.91. The Balaban J connectivity index is 1.27. The Morgan fingerprint density at radius 1 is 1.12 bits per heavy atom. The summed E-state index contributed by atoms with van der Waals surface area (Å²) in [5.41, 5.74) is -1.93. The Kier molecular flexibility index (Phi) is 11.2. The molecule has 7 rings (SSSR count). The van der Waals surface area contributed by atoms with Crippen molar-refractivity contribution in [1.82, 2.24) is 25.2 Å². The maximum absolute atomic E-state index is 17.1. The number of nitrogens with zero attached hydrogens (tertiary/aromatic N) is 2. The monoisotopic (exact) mass is 839 g/mol. The van der Waals surface area contributed by atoms with E-state index in [4.69, 9.17) is 19.2 Å². The number of carbonyl (C=O) groups excluding carboxylic acids is 4. The number of carbonyl (C=O) groups is 4. The van der Waals surface area contributed by atoms with E-state index in [9.17, 15) is 27.6 Å². The van der Waals surface area contributed by atoms with Crippen LogP contribution in [0.1, 0.15) is 129 Å². The molecular formula is C43H58FN5O9S. The number of rotatable bonds is 7. The Bertz CT molecular complexity index is 2170. The number of nitrogens with one attached hydrogen (secondary N) is 3. The van der Waals surface area contributed by atoms with Gasteiger partial charge >= 0.3 is 6.09 Å². The van der Waals surface area contributed by atoms with E-state index < -0.39 is 73.9 Å². The standard InChI is InChI=1S/C43H58FN5O9S/c1-25(2)34-35-33(28-19-27(56-7)15-16-30(28)45-34)29(44)21-42(58-35)22-32-36(50)47-43(38(52)48-59(54,55)41(6)17-18-41)20-26(43)13-11-9-8-10-12-14-31(37(51)49(32)23-42)46-39(53)57-24-40(3,4)5/h11,13,15-16,19,25-26,29,31-32H,8-10,12,14,17-18,20-24H2,1-7H3,(H,46,53)(H,47,50)(H,48,52)/b13-11-/t26-,29-,31+,32+,42-,43-/m1/s1. The first-order valence-electron chi connectivity index (χ1n) is 20.8. The maximum atomic E-state index is 17.1. The fourth-order valence-electron chi connectivity index (χ4n) is 8.57. The van der Waals surface area contributed by atoms with E-state index in [1.807, 2.05) is 46.8 Å². The largest absolute Gasteiger partial charge is 0.497 e. The van der Waals surface area contributed by atoms with Crippen molar-refractivity contribution in [2.45, 2.75) is 146 Å². The maximum Gasteiger partial charge on any atom is 0.407 e. The van der Waals surface area contributed by atoms with E-state index >= 15 is 4.39 Å². The second-order valence-electron chi connectivity index (χ2n) is 19.0. The molecule has 0 radical (unpaired) electrons. The Morgan fingerprint density at radius 3 is 2.54 bits per heavy atom. The molecule has 5 aliphatic rings. The van der Waals surface area contributed by atoms with Crippen molar-refractivity contribution in [3.63, 3.8) is 0 Å². The zero-order chi connectivity index (χ0) is 42.7. The highest BCUT2D eigenvalue weighted by atomic mass is 32.2. The third-order valence-corrected chi connectivity index (χ3v) is 14.6. The van der Waals surface area contributed by atoms with Gasteiger partial charge in [0.15, 0.2) is 0 Å². The molecule has 3 N–H and O–H groups in total. The molecule has 3 aliphatic heterocycles. The first kappa shape index (κ1) is 42.6. The number of ether oxygens (including phenoxy) is 3. The van der Waals surface area contributed by atoms with Crippen LogP contribution in [-0.2, 0) is 29.1 Å². The number of sulfonamides is 1. The van der Waals surface area contributed by atoms with E-state index in [-0.39, 0.29) is 55.9 Å². The molecule has 322 valence electrons. The van der Waals surface area contributed by atoms with E-state index in [0.29, 0.717) is 53.6 Å². The van der Waals surface area contributed by atoms with Crippen molar-refractivity contribution >= 4 is 44.7 Å². The molecule has 4 amide bonds. The van der Waals surface area contributed by atoms with Crippen molar-refractivity contribution in [3.05, 3.63) is 41.6 Å². The van der Waals surface area contributed by atoms with Crippen LogP contribution in [-0.4, -0.2) is 90.3 Å². The van der Waals surface area contributed by atoms with Gasteiger partial charge in [-0.2, -0.15) is 0 Å². The lowest BCUT2D eigenvalue weighted by atomic mass is 9.85. The van der Waals surface area contributed by atoms with Crippen molar-refractivity contribution in [2.75, 3.05) is 20.3 Å². The fraction of sp³-hybridized carbons (Fsp3) is 0.651. The number of allylic oxidation sites excluding steroid dienone is 1. The molecule has 2 saturated carbocycles. The van der Waals surface area contributed by atoms with E-state index in [2.05, 4.69) is 15.4 Å². The Morgan fingerprint density at radius 2 is 1.86 bits per heavy atom. The number of amides is 4. The predicted molar refractivity (Wildman–Crippen MR) is 218 cm³/mol.